The molecule has 0 fully saturated rings. The second kappa shape index (κ2) is 4.82. The van der Waals surface area contributed by atoms with Gasteiger partial charge in [0.15, 0.2) is 5.82 Å². The van der Waals surface area contributed by atoms with Crippen molar-refractivity contribution in [2.24, 2.45) is 4.99 Å². The second-order valence-electron chi connectivity index (χ2n) is 4.00. The predicted octanol–water partition coefficient (Wildman–Crippen LogP) is 2.55. The maximum Gasteiger partial charge on any atom is 0.173 e. The molecule has 4 nitrogen and oxygen atoms in total. The Labute approximate surface area is 101 Å². The molecule has 0 saturated carbocycles. The summed E-state index contributed by atoms with van der Waals surface area (Å²) in [5.74, 6) is 0.569. The molecule has 0 aliphatic heterocycles. The lowest BCUT2D eigenvalue weighted by molar-refractivity contribution is 1.03. The Morgan fingerprint density at radius 2 is 1.59 bits per heavy atom. The fourth-order valence-electron chi connectivity index (χ4n) is 1.81. The van der Waals surface area contributed by atoms with Gasteiger partial charge >= 0.3 is 0 Å². The molecule has 4 heteroatoms. The minimum atomic E-state index is 0.569. The smallest absolute Gasteiger partial charge is 0.173 e. The molecule has 86 valence electrons. The molecule has 2 rings (SSSR count). The summed E-state index contributed by atoms with van der Waals surface area (Å²) in [5.41, 5.74) is 4.55. The Kier molecular flexibility index (Phi) is 3.23. The number of rotatable bonds is 2. The van der Waals surface area contributed by atoms with Gasteiger partial charge in [-0.05, 0) is 31.9 Å². The van der Waals surface area contributed by atoms with E-state index in [1.807, 2.05) is 0 Å². The lowest BCUT2D eigenvalue weighted by Gasteiger charge is -2.05. The van der Waals surface area contributed by atoms with E-state index in [-0.39, 0.29) is 0 Å². The predicted molar refractivity (Wildman–Crippen MR) is 67.7 cm³/mol. The summed E-state index contributed by atoms with van der Waals surface area (Å²) in [5, 5.41) is 0. The maximum absolute atomic E-state index is 4.44. The molecule has 0 bridgehead atoms. The van der Waals surface area contributed by atoms with Gasteiger partial charge in [0.05, 0.1) is 11.9 Å². The Morgan fingerprint density at radius 1 is 1.00 bits per heavy atom. The third-order valence-corrected chi connectivity index (χ3v) is 2.46. The molecule has 0 saturated heterocycles. The van der Waals surface area contributed by atoms with Gasteiger partial charge < -0.3 is 0 Å². The zero-order valence-electron chi connectivity index (χ0n) is 10.2. The summed E-state index contributed by atoms with van der Waals surface area (Å²) in [7, 11) is 0. The van der Waals surface area contributed by atoms with E-state index in [4.69, 9.17) is 0 Å². The van der Waals surface area contributed by atoms with Gasteiger partial charge in [0, 0.05) is 0 Å². The van der Waals surface area contributed by atoms with Gasteiger partial charge in [-0.3, -0.25) is 4.99 Å². The third-order valence-electron chi connectivity index (χ3n) is 2.46. The van der Waals surface area contributed by atoms with Crippen molar-refractivity contribution in [2.45, 2.75) is 20.8 Å². The van der Waals surface area contributed by atoms with Gasteiger partial charge in [0.2, 0.25) is 0 Å². The molecule has 0 spiro atoms. The fraction of sp³-hybridized carbons (Fsp3) is 0.231. The van der Waals surface area contributed by atoms with Gasteiger partial charge in [0.25, 0.3) is 0 Å². The van der Waals surface area contributed by atoms with Crippen LogP contribution in [0.1, 0.15) is 22.5 Å². The zero-order chi connectivity index (χ0) is 12.3. The first-order valence-corrected chi connectivity index (χ1v) is 5.41. The molecule has 0 atom stereocenters. The fourth-order valence-corrected chi connectivity index (χ4v) is 1.81. The molecule has 1 aromatic heterocycles. The van der Waals surface area contributed by atoms with E-state index < -0.39 is 0 Å². The summed E-state index contributed by atoms with van der Waals surface area (Å²) < 4.78 is 0. The topological polar surface area (TPSA) is 51.0 Å². The second-order valence-corrected chi connectivity index (χ2v) is 4.00. The minimum absolute atomic E-state index is 0.569. The molecule has 0 amide bonds. The minimum Gasteiger partial charge on any atom is -0.252 e. The van der Waals surface area contributed by atoms with Crippen LogP contribution in [0.2, 0.25) is 0 Å². The molecule has 0 radical (unpaired) electrons. The number of aliphatic imine (C=N–C) groups is 1. The Bertz CT molecular complexity index is 524. The number of benzene rings is 1. The summed E-state index contributed by atoms with van der Waals surface area (Å²) in [4.78, 5) is 16.2. The van der Waals surface area contributed by atoms with Gasteiger partial charge in [-0.25, -0.2) is 15.0 Å². The lowest BCUT2D eigenvalue weighted by Crippen LogP contribution is -1.92. The monoisotopic (exact) mass is 226 g/mol. The largest absolute Gasteiger partial charge is 0.252 e. The van der Waals surface area contributed by atoms with Crippen molar-refractivity contribution in [2.75, 3.05) is 0 Å². The Morgan fingerprint density at radius 3 is 2.18 bits per heavy atom. The zero-order valence-corrected chi connectivity index (χ0v) is 10.2. The van der Waals surface area contributed by atoms with E-state index in [0.29, 0.717) is 5.82 Å². The first-order chi connectivity index (χ1) is 8.16. The van der Waals surface area contributed by atoms with Crippen molar-refractivity contribution < 1.29 is 0 Å². The van der Waals surface area contributed by atoms with Gasteiger partial charge in [-0.2, -0.15) is 0 Å². The van der Waals surface area contributed by atoms with Gasteiger partial charge in [-0.15, -0.1) is 0 Å². The highest BCUT2D eigenvalue weighted by Gasteiger charge is 2.01. The van der Waals surface area contributed by atoms with E-state index in [1.54, 1.807) is 6.21 Å². The van der Waals surface area contributed by atoms with Crippen molar-refractivity contribution in [3.8, 4) is 0 Å². The van der Waals surface area contributed by atoms with Crippen molar-refractivity contribution in [1.29, 1.82) is 0 Å². The molecular weight excluding hydrogens is 212 g/mol. The van der Waals surface area contributed by atoms with Crippen LogP contribution >= 0.6 is 0 Å². The summed E-state index contributed by atoms with van der Waals surface area (Å²) in [6.45, 7) is 6.19. The van der Waals surface area contributed by atoms with E-state index in [9.17, 15) is 0 Å². The summed E-state index contributed by atoms with van der Waals surface area (Å²) in [6.07, 6.45) is 4.58. The standard InChI is InChI=1S/C13H14N4/c1-9-4-10(2)13(11(3)5-9)15-6-12-16-7-14-8-17-12/h4-8H,1-3H3. The van der Waals surface area contributed by atoms with E-state index in [0.717, 1.165) is 16.8 Å². The lowest BCUT2D eigenvalue weighted by atomic mass is 10.1. The van der Waals surface area contributed by atoms with Crippen LogP contribution in [0.4, 0.5) is 5.69 Å². The van der Waals surface area contributed by atoms with Crippen LogP contribution in [-0.2, 0) is 0 Å². The van der Waals surface area contributed by atoms with E-state index >= 15 is 0 Å². The van der Waals surface area contributed by atoms with Crippen molar-refractivity contribution in [3.63, 3.8) is 0 Å². The number of hydrogen-bond acceptors (Lipinski definition) is 4. The highest BCUT2D eigenvalue weighted by molar-refractivity contribution is 5.78. The van der Waals surface area contributed by atoms with Crippen molar-refractivity contribution in [3.05, 3.63) is 47.3 Å². The van der Waals surface area contributed by atoms with Crippen molar-refractivity contribution in [1.82, 2.24) is 15.0 Å². The summed E-state index contributed by atoms with van der Waals surface area (Å²) >= 11 is 0. The van der Waals surface area contributed by atoms with Gasteiger partial charge in [-0.1, -0.05) is 17.7 Å². The number of aryl methyl sites for hydroxylation is 3. The normalized spacial score (nSPS) is 11.0. The number of hydrogen-bond donors (Lipinski definition) is 0. The van der Waals surface area contributed by atoms with E-state index in [1.165, 1.54) is 18.2 Å². The molecule has 1 aromatic carbocycles. The van der Waals surface area contributed by atoms with Crippen LogP contribution < -0.4 is 0 Å². The van der Waals surface area contributed by atoms with Crippen LogP contribution in [0, 0.1) is 20.8 Å². The molecular formula is C13H14N4. The van der Waals surface area contributed by atoms with Crippen LogP contribution in [0.15, 0.2) is 29.8 Å². The molecule has 17 heavy (non-hydrogen) atoms. The molecule has 0 aliphatic rings. The average molecular weight is 226 g/mol. The highest BCUT2D eigenvalue weighted by atomic mass is 15.0. The third kappa shape index (κ3) is 2.72. The quantitative estimate of drug-likeness (QED) is 0.739. The van der Waals surface area contributed by atoms with Crippen LogP contribution in [0.25, 0.3) is 0 Å². The molecule has 1 heterocycles. The number of nitrogens with zero attached hydrogens (tertiary/aromatic N) is 4. The highest BCUT2D eigenvalue weighted by Crippen LogP contribution is 2.24. The van der Waals surface area contributed by atoms with Gasteiger partial charge in [0.1, 0.15) is 12.7 Å². The Balaban J connectivity index is 2.34. The molecule has 0 unspecified atom stereocenters. The van der Waals surface area contributed by atoms with Crippen LogP contribution in [0.3, 0.4) is 0 Å². The first kappa shape index (κ1) is 11.4. The van der Waals surface area contributed by atoms with Crippen LogP contribution in [-0.4, -0.2) is 21.2 Å². The number of aromatic nitrogens is 3. The van der Waals surface area contributed by atoms with E-state index in [2.05, 4.69) is 52.8 Å². The molecule has 2 aromatic rings. The Hall–Kier alpha value is -2.10. The van der Waals surface area contributed by atoms with Crippen molar-refractivity contribution >= 4 is 11.9 Å². The molecule has 0 aliphatic carbocycles. The average Bonchev–Trinajstić information content (AvgIpc) is 2.29. The summed E-state index contributed by atoms with van der Waals surface area (Å²) in [6, 6.07) is 4.24. The van der Waals surface area contributed by atoms with Crippen LogP contribution in [0.5, 0.6) is 0 Å². The SMILES string of the molecule is Cc1cc(C)c(N=Cc2ncncn2)c(C)c1. The first-order valence-electron chi connectivity index (χ1n) is 5.41. The molecule has 0 N–H and O–H groups in total. The maximum atomic E-state index is 4.44.